The van der Waals surface area contributed by atoms with Gasteiger partial charge in [-0.05, 0) is 79.8 Å². The number of rotatable bonds is 6. The number of aryl methyl sites for hydroxylation is 2. The monoisotopic (exact) mass is 508 g/mol. The molecule has 6 nitrogen and oxygen atoms in total. The van der Waals surface area contributed by atoms with Crippen LogP contribution in [0.15, 0.2) is 60.8 Å². The average Bonchev–Trinajstić information content (AvgIpc) is 3.27. The van der Waals surface area contributed by atoms with Gasteiger partial charge in [-0.15, -0.1) is 0 Å². The summed E-state index contributed by atoms with van der Waals surface area (Å²) in [6.45, 7) is 8.46. The lowest BCUT2D eigenvalue weighted by molar-refractivity contribution is -0.140. The smallest absolute Gasteiger partial charge is 0.225 e. The van der Waals surface area contributed by atoms with E-state index in [9.17, 15) is 4.79 Å². The van der Waals surface area contributed by atoms with Crippen LogP contribution in [0.1, 0.15) is 36.1 Å². The molecule has 196 valence electrons. The molecule has 1 aliphatic heterocycles. The summed E-state index contributed by atoms with van der Waals surface area (Å²) in [6.07, 6.45) is 5.56. The number of hydrogen-bond donors (Lipinski definition) is 0. The fraction of sp³-hybridized carbons (Fsp3) is 0.375. The predicted molar refractivity (Wildman–Crippen MR) is 151 cm³/mol. The number of piperazine rings is 1. The summed E-state index contributed by atoms with van der Waals surface area (Å²) >= 11 is 0. The largest absolute Gasteiger partial charge is 0.497 e. The van der Waals surface area contributed by atoms with Crippen molar-refractivity contribution in [3.05, 3.63) is 77.6 Å². The van der Waals surface area contributed by atoms with E-state index < -0.39 is 0 Å². The molecule has 1 saturated heterocycles. The Labute approximate surface area is 224 Å². The quantitative estimate of drug-likeness (QED) is 0.333. The van der Waals surface area contributed by atoms with Gasteiger partial charge in [0.2, 0.25) is 5.91 Å². The molecule has 1 saturated carbocycles. The first-order chi connectivity index (χ1) is 18.5. The van der Waals surface area contributed by atoms with Gasteiger partial charge in [-0.1, -0.05) is 30.2 Å². The maximum atomic E-state index is 12.8. The average molecular weight is 509 g/mol. The fourth-order valence-electron chi connectivity index (χ4n) is 5.68. The van der Waals surface area contributed by atoms with Crippen LogP contribution < -0.4 is 4.74 Å². The molecule has 0 N–H and O–H groups in total. The fourth-order valence-corrected chi connectivity index (χ4v) is 5.68. The normalized spacial score (nSPS) is 16.6. The number of carbonyl (C=O) groups is 1. The third-order valence-electron chi connectivity index (χ3n) is 8.30. The van der Waals surface area contributed by atoms with Crippen molar-refractivity contribution < 1.29 is 9.53 Å². The van der Waals surface area contributed by atoms with E-state index in [0.29, 0.717) is 5.91 Å². The first kappa shape index (κ1) is 24.7. The summed E-state index contributed by atoms with van der Waals surface area (Å²) in [5, 5.41) is 0. The third-order valence-corrected chi connectivity index (χ3v) is 8.30. The van der Waals surface area contributed by atoms with E-state index >= 15 is 0 Å². The molecule has 0 bridgehead atoms. The molecule has 2 aliphatic rings. The van der Waals surface area contributed by atoms with Crippen molar-refractivity contribution in [2.75, 3.05) is 33.3 Å². The highest BCUT2D eigenvalue weighted by Gasteiger charge is 2.31. The van der Waals surface area contributed by atoms with Gasteiger partial charge in [0.05, 0.1) is 18.5 Å². The van der Waals surface area contributed by atoms with Crippen molar-refractivity contribution >= 4 is 11.6 Å². The van der Waals surface area contributed by atoms with Gasteiger partial charge in [0.25, 0.3) is 0 Å². The number of carbonyl (C=O) groups excluding carboxylic acids is 1. The number of imidazole rings is 1. The van der Waals surface area contributed by atoms with Gasteiger partial charge < -0.3 is 14.0 Å². The predicted octanol–water partition coefficient (Wildman–Crippen LogP) is 5.74. The first-order valence-electron chi connectivity index (χ1n) is 13.7. The number of aromatic nitrogens is 2. The molecule has 2 aromatic carbocycles. The van der Waals surface area contributed by atoms with E-state index in [-0.39, 0.29) is 5.92 Å². The Morgan fingerprint density at radius 3 is 2.37 bits per heavy atom. The Morgan fingerprint density at radius 1 is 0.947 bits per heavy atom. The van der Waals surface area contributed by atoms with Crippen molar-refractivity contribution in [1.29, 1.82) is 0 Å². The molecule has 1 aliphatic carbocycles. The Balaban J connectivity index is 1.34. The lowest BCUT2D eigenvalue weighted by Gasteiger charge is -2.38. The van der Waals surface area contributed by atoms with Crippen molar-refractivity contribution in [3.63, 3.8) is 0 Å². The minimum absolute atomic E-state index is 0.269. The van der Waals surface area contributed by atoms with Crippen LogP contribution >= 0.6 is 0 Å². The lowest BCUT2D eigenvalue weighted by Crippen LogP contribution is -2.50. The second kappa shape index (κ2) is 10.3. The van der Waals surface area contributed by atoms with E-state index in [0.717, 1.165) is 68.2 Å². The first-order valence-corrected chi connectivity index (χ1v) is 13.7. The Bertz CT molecular complexity index is 1460. The summed E-state index contributed by atoms with van der Waals surface area (Å²) in [4.78, 5) is 22.4. The minimum Gasteiger partial charge on any atom is -0.497 e. The molecule has 6 heteroatoms. The number of methoxy groups -OCH3 is 1. The molecule has 38 heavy (non-hydrogen) atoms. The zero-order valence-electron chi connectivity index (χ0n) is 22.6. The molecule has 0 spiro atoms. The van der Waals surface area contributed by atoms with Gasteiger partial charge in [-0.2, -0.15) is 0 Å². The molecule has 3 heterocycles. The molecule has 1 amide bonds. The van der Waals surface area contributed by atoms with E-state index in [1.165, 1.54) is 34.4 Å². The molecule has 0 unspecified atom stereocenters. The van der Waals surface area contributed by atoms with Gasteiger partial charge in [0.1, 0.15) is 11.4 Å². The Kier molecular flexibility index (Phi) is 6.66. The topological polar surface area (TPSA) is 50.1 Å². The summed E-state index contributed by atoms with van der Waals surface area (Å²) in [6, 6.07) is 19.1. The number of benzene rings is 2. The van der Waals surface area contributed by atoms with E-state index in [1.54, 1.807) is 7.11 Å². The van der Waals surface area contributed by atoms with Crippen LogP contribution in [-0.4, -0.2) is 58.4 Å². The van der Waals surface area contributed by atoms with Gasteiger partial charge in [-0.3, -0.25) is 9.69 Å². The molecule has 0 radical (unpaired) electrons. The highest BCUT2D eigenvalue weighted by Crippen LogP contribution is 2.32. The van der Waals surface area contributed by atoms with Gasteiger partial charge in [0, 0.05) is 50.4 Å². The number of pyridine rings is 1. The second-order valence-corrected chi connectivity index (χ2v) is 10.8. The van der Waals surface area contributed by atoms with Crippen molar-refractivity contribution in [1.82, 2.24) is 19.2 Å². The molecule has 6 rings (SSSR count). The van der Waals surface area contributed by atoms with Crippen LogP contribution in [0.25, 0.3) is 28.0 Å². The SMILES string of the molecule is COc1ccc(-c2nc3ccc(-c4cc(C)ccc4C)cn3c2CN2CCN(C(=O)C3CCC3)CC2)cc1. The van der Waals surface area contributed by atoms with E-state index in [4.69, 9.17) is 9.72 Å². The maximum absolute atomic E-state index is 12.8. The van der Waals surface area contributed by atoms with Crippen LogP contribution in [0.3, 0.4) is 0 Å². The summed E-state index contributed by atoms with van der Waals surface area (Å²) < 4.78 is 7.66. The molecule has 2 aromatic heterocycles. The number of hydrogen-bond acceptors (Lipinski definition) is 4. The molecular formula is C32H36N4O2. The van der Waals surface area contributed by atoms with E-state index in [2.05, 4.69) is 76.7 Å². The zero-order valence-corrected chi connectivity index (χ0v) is 22.6. The van der Waals surface area contributed by atoms with Crippen LogP contribution in [0.2, 0.25) is 0 Å². The van der Waals surface area contributed by atoms with Crippen molar-refractivity contribution in [2.24, 2.45) is 5.92 Å². The molecule has 0 atom stereocenters. The number of amides is 1. The van der Waals surface area contributed by atoms with Crippen LogP contribution in [0, 0.1) is 19.8 Å². The van der Waals surface area contributed by atoms with Crippen LogP contribution in [0.5, 0.6) is 5.75 Å². The van der Waals surface area contributed by atoms with Crippen LogP contribution in [0.4, 0.5) is 0 Å². The van der Waals surface area contributed by atoms with Crippen molar-refractivity contribution in [2.45, 2.75) is 39.7 Å². The molecular weight excluding hydrogens is 472 g/mol. The Morgan fingerprint density at radius 2 is 1.68 bits per heavy atom. The van der Waals surface area contributed by atoms with Crippen LogP contribution in [-0.2, 0) is 11.3 Å². The van der Waals surface area contributed by atoms with Crippen molar-refractivity contribution in [3.8, 4) is 28.1 Å². The minimum atomic E-state index is 0.269. The maximum Gasteiger partial charge on any atom is 0.225 e. The second-order valence-electron chi connectivity index (χ2n) is 10.8. The Hall–Kier alpha value is -3.64. The lowest BCUT2D eigenvalue weighted by atomic mass is 9.84. The number of nitrogens with zero attached hydrogens (tertiary/aromatic N) is 4. The highest BCUT2D eigenvalue weighted by molar-refractivity contribution is 5.79. The zero-order chi connectivity index (χ0) is 26.2. The third kappa shape index (κ3) is 4.69. The van der Waals surface area contributed by atoms with E-state index in [1.807, 2.05) is 12.1 Å². The molecule has 2 fully saturated rings. The van der Waals surface area contributed by atoms with Gasteiger partial charge in [-0.25, -0.2) is 4.98 Å². The standard InChI is InChI=1S/C32H36N4O2/c1-22-7-8-23(2)28(19-22)26-11-14-30-33-31(24-9-12-27(38-3)13-10-24)29(36(30)20-26)21-34-15-17-35(18-16-34)32(37)25-5-4-6-25/h7-14,19-20,25H,4-6,15-18,21H2,1-3H3. The highest BCUT2D eigenvalue weighted by atomic mass is 16.5. The summed E-state index contributed by atoms with van der Waals surface area (Å²) in [5.74, 6) is 1.47. The summed E-state index contributed by atoms with van der Waals surface area (Å²) in [7, 11) is 1.69. The molecule has 4 aromatic rings. The summed E-state index contributed by atoms with van der Waals surface area (Å²) in [5.41, 5.74) is 9.16. The number of ether oxygens (including phenoxy) is 1. The van der Waals surface area contributed by atoms with Gasteiger partial charge >= 0.3 is 0 Å². The van der Waals surface area contributed by atoms with Gasteiger partial charge in [0.15, 0.2) is 0 Å². The number of fused-ring (bicyclic) bond motifs is 1.